The van der Waals surface area contributed by atoms with E-state index >= 15 is 0 Å². The molecule has 1 heterocycles. The summed E-state index contributed by atoms with van der Waals surface area (Å²) in [7, 11) is -3.88. The average Bonchev–Trinajstić information content (AvgIpc) is 3.04. The number of hydrogen-bond acceptors (Lipinski definition) is 6. The lowest BCUT2D eigenvalue weighted by molar-refractivity contribution is 0.0504. The van der Waals surface area contributed by atoms with E-state index in [2.05, 4.69) is 4.72 Å². The highest BCUT2D eigenvalue weighted by atomic mass is 32.2. The second-order valence-electron chi connectivity index (χ2n) is 4.74. The number of aromatic carboxylic acids is 1. The molecule has 0 radical (unpaired) electrons. The van der Waals surface area contributed by atoms with E-state index in [1.54, 1.807) is 0 Å². The number of carboxylic acids is 1. The van der Waals surface area contributed by atoms with Crippen LogP contribution >= 0.6 is 11.3 Å². The molecule has 9 heteroatoms. The number of hydrogen-bond donors (Lipinski definition) is 2. The smallest absolute Gasteiger partial charge is 0.345 e. The monoisotopic (exact) mass is 369 g/mol. The summed E-state index contributed by atoms with van der Waals surface area (Å²) in [5.74, 6) is -1.66. The van der Waals surface area contributed by atoms with Gasteiger partial charge < -0.3 is 9.84 Å². The molecule has 0 atom stereocenters. The van der Waals surface area contributed by atoms with Crippen molar-refractivity contribution in [3.8, 4) is 0 Å². The molecule has 2 rings (SSSR count). The van der Waals surface area contributed by atoms with Crippen LogP contribution in [0.2, 0.25) is 0 Å². The second kappa shape index (κ2) is 7.45. The van der Waals surface area contributed by atoms with Gasteiger partial charge in [0.25, 0.3) is 10.0 Å². The molecule has 1 aromatic heterocycles. The highest BCUT2D eigenvalue weighted by Gasteiger charge is 2.19. The number of nitrogens with one attached hydrogen (secondary N) is 1. The van der Waals surface area contributed by atoms with Gasteiger partial charge in [-0.15, -0.1) is 11.3 Å². The van der Waals surface area contributed by atoms with Crippen LogP contribution in [0.3, 0.4) is 0 Å². The molecule has 0 spiro atoms. The largest absolute Gasteiger partial charge is 0.477 e. The van der Waals surface area contributed by atoms with E-state index in [1.165, 1.54) is 36.4 Å². The van der Waals surface area contributed by atoms with E-state index in [9.17, 15) is 18.0 Å². The lowest BCUT2D eigenvalue weighted by Gasteiger charge is -2.07. The molecule has 0 amide bonds. The van der Waals surface area contributed by atoms with Crippen LogP contribution in [0.1, 0.15) is 33.4 Å². The molecule has 0 saturated carbocycles. The Morgan fingerprint density at radius 1 is 1.17 bits per heavy atom. The van der Waals surface area contributed by atoms with Gasteiger partial charge in [0.15, 0.2) is 0 Å². The van der Waals surface area contributed by atoms with Crippen LogP contribution in [0.5, 0.6) is 0 Å². The number of esters is 1. The molecule has 24 heavy (non-hydrogen) atoms. The van der Waals surface area contributed by atoms with Gasteiger partial charge in [0, 0.05) is 5.69 Å². The Bertz CT molecular complexity index is 839. The third kappa shape index (κ3) is 4.33. The van der Waals surface area contributed by atoms with Crippen molar-refractivity contribution in [2.75, 3.05) is 11.3 Å². The topological polar surface area (TPSA) is 110 Å². The van der Waals surface area contributed by atoms with Gasteiger partial charge in [0.2, 0.25) is 0 Å². The fourth-order valence-electron chi connectivity index (χ4n) is 1.74. The van der Waals surface area contributed by atoms with Gasteiger partial charge in [-0.05, 0) is 42.8 Å². The molecule has 0 aliphatic rings. The van der Waals surface area contributed by atoms with E-state index in [0.717, 1.165) is 0 Å². The van der Waals surface area contributed by atoms with Crippen molar-refractivity contribution < 1.29 is 27.9 Å². The SMILES string of the molecule is CCCOC(=O)c1ccc(NS(=O)(=O)c2ccc(C(=O)O)s2)cc1. The van der Waals surface area contributed by atoms with E-state index in [1.807, 2.05) is 6.92 Å². The van der Waals surface area contributed by atoms with Gasteiger partial charge in [0.05, 0.1) is 12.2 Å². The zero-order valence-corrected chi connectivity index (χ0v) is 14.3. The molecule has 0 aliphatic carbocycles. The maximum Gasteiger partial charge on any atom is 0.345 e. The molecule has 0 fully saturated rings. The quantitative estimate of drug-likeness (QED) is 0.726. The van der Waals surface area contributed by atoms with Crippen molar-refractivity contribution in [1.29, 1.82) is 0 Å². The Balaban J connectivity index is 2.12. The van der Waals surface area contributed by atoms with Gasteiger partial charge in [0.1, 0.15) is 9.09 Å². The third-order valence-electron chi connectivity index (χ3n) is 2.87. The molecular formula is C15H15NO6S2. The lowest BCUT2D eigenvalue weighted by Crippen LogP contribution is -2.12. The van der Waals surface area contributed by atoms with Crippen LogP contribution in [0.25, 0.3) is 0 Å². The molecule has 128 valence electrons. The molecule has 0 bridgehead atoms. The fourth-order valence-corrected chi connectivity index (χ4v) is 3.94. The van der Waals surface area contributed by atoms with E-state index in [-0.39, 0.29) is 14.8 Å². The first kappa shape index (κ1) is 18.0. The minimum absolute atomic E-state index is 0.0654. The fraction of sp³-hybridized carbons (Fsp3) is 0.200. The molecule has 0 aliphatic heterocycles. The minimum atomic E-state index is -3.88. The van der Waals surface area contributed by atoms with Crippen molar-refractivity contribution in [2.24, 2.45) is 0 Å². The van der Waals surface area contributed by atoms with Gasteiger partial charge in [-0.2, -0.15) is 0 Å². The maximum absolute atomic E-state index is 12.2. The number of rotatable bonds is 7. The van der Waals surface area contributed by atoms with Gasteiger partial charge in [-0.1, -0.05) is 6.92 Å². The summed E-state index contributed by atoms with van der Waals surface area (Å²) in [4.78, 5) is 22.4. The summed E-state index contributed by atoms with van der Waals surface area (Å²) in [5.41, 5.74) is 0.572. The van der Waals surface area contributed by atoms with Crippen LogP contribution in [0, 0.1) is 0 Å². The van der Waals surface area contributed by atoms with E-state index in [0.29, 0.717) is 29.9 Å². The molecular weight excluding hydrogens is 354 g/mol. The van der Waals surface area contributed by atoms with Crippen molar-refractivity contribution in [1.82, 2.24) is 0 Å². The molecule has 1 aromatic carbocycles. The number of anilines is 1. The molecule has 2 N–H and O–H groups in total. The lowest BCUT2D eigenvalue weighted by atomic mass is 10.2. The first-order valence-corrected chi connectivity index (χ1v) is 9.26. The number of carbonyl (C=O) groups is 2. The zero-order chi connectivity index (χ0) is 17.7. The molecule has 7 nitrogen and oxygen atoms in total. The molecule has 0 unspecified atom stereocenters. The Hall–Kier alpha value is -2.39. The summed E-state index contributed by atoms with van der Waals surface area (Å²) >= 11 is 0.660. The zero-order valence-electron chi connectivity index (χ0n) is 12.7. The summed E-state index contributed by atoms with van der Waals surface area (Å²) in [6.07, 6.45) is 0.711. The normalized spacial score (nSPS) is 11.0. The van der Waals surface area contributed by atoms with E-state index in [4.69, 9.17) is 9.84 Å². The Morgan fingerprint density at radius 2 is 1.83 bits per heavy atom. The van der Waals surface area contributed by atoms with Crippen molar-refractivity contribution >= 4 is 39.0 Å². The summed E-state index contributed by atoms with van der Waals surface area (Å²) in [6, 6.07) is 8.23. The number of sulfonamides is 1. The van der Waals surface area contributed by atoms with Gasteiger partial charge in [-0.25, -0.2) is 18.0 Å². The summed E-state index contributed by atoms with van der Waals surface area (Å²) < 4.78 is 31.6. The predicted octanol–water partition coefficient (Wildman–Crippen LogP) is 2.81. The van der Waals surface area contributed by atoms with Crippen molar-refractivity contribution in [3.63, 3.8) is 0 Å². The number of ether oxygens (including phenoxy) is 1. The summed E-state index contributed by atoms with van der Waals surface area (Å²) in [6.45, 7) is 2.20. The standard InChI is InChI=1S/C15H15NO6S2/c1-2-9-22-15(19)10-3-5-11(6-4-10)16-24(20,21)13-8-7-12(23-13)14(17)18/h3-8,16H,2,9H2,1H3,(H,17,18). The number of carbonyl (C=O) groups excluding carboxylic acids is 1. The van der Waals surface area contributed by atoms with Crippen LogP contribution in [-0.4, -0.2) is 32.1 Å². The molecule has 0 saturated heterocycles. The second-order valence-corrected chi connectivity index (χ2v) is 7.74. The Kier molecular flexibility index (Phi) is 5.58. The van der Waals surface area contributed by atoms with Gasteiger partial charge in [-0.3, -0.25) is 4.72 Å². The van der Waals surface area contributed by atoms with Crippen molar-refractivity contribution in [3.05, 3.63) is 46.8 Å². The molecule has 2 aromatic rings. The van der Waals surface area contributed by atoms with Crippen LogP contribution in [0.15, 0.2) is 40.6 Å². The van der Waals surface area contributed by atoms with E-state index < -0.39 is 22.0 Å². The Morgan fingerprint density at radius 3 is 2.38 bits per heavy atom. The minimum Gasteiger partial charge on any atom is -0.477 e. The highest BCUT2D eigenvalue weighted by Crippen LogP contribution is 2.24. The highest BCUT2D eigenvalue weighted by molar-refractivity contribution is 7.94. The van der Waals surface area contributed by atoms with Crippen LogP contribution in [-0.2, 0) is 14.8 Å². The van der Waals surface area contributed by atoms with Crippen LogP contribution < -0.4 is 4.72 Å². The predicted molar refractivity (Wildman–Crippen MR) is 89.1 cm³/mol. The summed E-state index contributed by atoms with van der Waals surface area (Å²) in [5, 5.41) is 8.85. The van der Waals surface area contributed by atoms with Crippen LogP contribution in [0.4, 0.5) is 5.69 Å². The van der Waals surface area contributed by atoms with Crippen molar-refractivity contribution in [2.45, 2.75) is 17.6 Å². The number of carboxylic acid groups (broad SMARTS) is 1. The van der Waals surface area contributed by atoms with Gasteiger partial charge >= 0.3 is 11.9 Å². The number of benzene rings is 1. The number of thiophene rings is 1. The third-order valence-corrected chi connectivity index (χ3v) is 5.81. The first-order chi connectivity index (χ1) is 11.3. The Labute approximate surface area is 142 Å². The average molecular weight is 369 g/mol. The maximum atomic E-state index is 12.2. The first-order valence-electron chi connectivity index (χ1n) is 6.96.